The Morgan fingerprint density at radius 3 is 2.61 bits per heavy atom. The van der Waals surface area contributed by atoms with Crippen molar-refractivity contribution in [2.24, 2.45) is 0 Å². The van der Waals surface area contributed by atoms with Crippen LogP contribution in [0.15, 0.2) is 18.2 Å². The summed E-state index contributed by atoms with van der Waals surface area (Å²) in [7, 11) is 2.86. The molecule has 2 aromatic rings. The van der Waals surface area contributed by atoms with Crippen LogP contribution in [0.5, 0.6) is 5.75 Å². The van der Waals surface area contributed by atoms with Gasteiger partial charge in [-0.15, -0.1) is 0 Å². The standard InChI is InChI=1S/C21H24N2O5/c1-12-18(21(26)28-4)15(22-19(12)13(2)24)11-17(25)23-10-6-8-14-7-5-9-16(27-3)20(14)23/h5,7,9,22H,6,8,10-11H2,1-4H3. The number of benzene rings is 1. The van der Waals surface area contributed by atoms with E-state index in [9.17, 15) is 14.4 Å². The lowest BCUT2D eigenvalue weighted by Gasteiger charge is -2.31. The smallest absolute Gasteiger partial charge is 0.339 e. The van der Waals surface area contributed by atoms with Crippen LogP contribution in [0.3, 0.4) is 0 Å². The minimum atomic E-state index is -0.569. The second-order valence-corrected chi connectivity index (χ2v) is 6.82. The Morgan fingerprint density at radius 2 is 1.96 bits per heavy atom. The molecule has 1 amide bonds. The number of fused-ring (bicyclic) bond motifs is 1. The Bertz CT molecular complexity index is 930. The van der Waals surface area contributed by atoms with Crippen LogP contribution in [0.2, 0.25) is 0 Å². The first-order valence-electron chi connectivity index (χ1n) is 9.16. The van der Waals surface area contributed by atoms with E-state index >= 15 is 0 Å². The molecule has 0 saturated carbocycles. The molecule has 7 nitrogen and oxygen atoms in total. The number of aromatic nitrogens is 1. The highest BCUT2D eigenvalue weighted by Crippen LogP contribution is 2.36. The lowest BCUT2D eigenvalue weighted by Crippen LogP contribution is -2.37. The van der Waals surface area contributed by atoms with Crippen molar-refractivity contribution in [3.8, 4) is 5.75 Å². The molecule has 0 bridgehead atoms. The average molecular weight is 384 g/mol. The summed E-state index contributed by atoms with van der Waals surface area (Å²) in [5.74, 6) is -0.301. The van der Waals surface area contributed by atoms with Gasteiger partial charge in [-0.3, -0.25) is 9.59 Å². The van der Waals surface area contributed by atoms with Crippen LogP contribution in [-0.2, 0) is 22.4 Å². The Morgan fingerprint density at radius 1 is 1.21 bits per heavy atom. The zero-order valence-corrected chi connectivity index (χ0v) is 16.5. The van der Waals surface area contributed by atoms with Crippen LogP contribution >= 0.6 is 0 Å². The minimum Gasteiger partial charge on any atom is -0.495 e. The third-order valence-corrected chi connectivity index (χ3v) is 5.10. The van der Waals surface area contributed by atoms with Gasteiger partial charge in [0.2, 0.25) is 5.91 Å². The van der Waals surface area contributed by atoms with Crippen molar-refractivity contribution in [3.05, 3.63) is 46.3 Å². The molecule has 3 rings (SSSR count). The summed E-state index contributed by atoms with van der Waals surface area (Å²) in [5.41, 5.74) is 3.29. The van der Waals surface area contributed by atoms with E-state index in [0.717, 1.165) is 24.1 Å². The van der Waals surface area contributed by atoms with E-state index in [2.05, 4.69) is 4.98 Å². The monoisotopic (exact) mass is 384 g/mol. The topological polar surface area (TPSA) is 88.7 Å². The number of Topliss-reactive ketones (excluding diaryl/α,β-unsaturated/α-hetero) is 1. The molecule has 0 unspecified atom stereocenters. The second-order valence-electron chi connectivity index (χ2n) is 6.82. The van der Waals surface area contributed by atoms with Gasteiger partial charge >= 0.3 is 5.97 Å². The summed E-state index contributed by atoms with van der Waals surface area (Å²) >= 11 is 0. The van der Waals surface area contributed by atoms with Gasteiger partial charge in [-0.05, 0) is 37.0 Å². The number of aryl methyl sites for hydroxylation is 1. The molecule has 1 N–H and O–H groups in total. The molecular formula is C21H24N2O5. The van der Waals surface area contributed by atoms with E-state index in [1.54, 1.807) is 18.9 Å². The van der Waals surface area contributed by atoms with E-state index in [-0.39, 0.29) is 23.7 Å². The van der Waals surface area contributed by atoms with Gasteiger partial charge in [-0.25, -0.2) is 4.79 Å². The number of rotatable bonds is 5. The first-order valence-corrected chi connectivity index (χ1v) is 9.16. The first-order chi connectivity index (χ1) is 13.4. The fourth-order valence-corrected chi connectivity index (χ4v) is 3.80. The molecule has 148 valence electrons. The number of ether oxygens (including phenoxy) is 2. The van der Waals surface area contributed by atoms with Crippen molar-refractivity contribution in [1.82, 2.24) is 4.98 Å². The van der Waals surface area contributed by atoms with Gasteiger partial charge in [0.1, 0.15) is 5.75 Å². The molecule has 0 radical (unpaired) electrons. The van der Waals surface area contributed by atoms with Crippen LogP contribution in [-0.4, -0.2) is 43.4 Å². The SMILES string of the molecule is COC(=O)c1c(CC(=O)N2CCCc3cccc(OC)c32)[nH]c(C(C)=O)c1C. The lowest BCUT2D eigenvalue weighted by atomic mass is 10.00. The number of nitrogens with one attached hydrogen (secondary N) is 1. The van der Waals surface area contributed by atoms with Gasteiger partial charge < -0.3 is 19.4 Å². The number of esters is 1. The van der Waals surface area contributed by atoms with Crippen molar-refractivity contribution in [2.75, 3.05) is 25.7 Å². The highest BCUT2D eigenvalue weighted by Gasteiger charge is 2.29. The molecule has 1 aromatic carbocycles. The first kappa shape index (κ1) is 19.7. The molecule has 1 aliphatic heterocycles. The maximum atomic E-state index is 13.2. The predicted octanol–water partition coefficient (Wildman–Crippen LogP) is 2.84. The maximum absolute atomic E-state index is 13.2. The summed E-state index contributed by atoms with van der Waals surface area (Å²) in [5, 5.41) is 0. The predicted molar refractivity (Wildman–Crippen MR) is 104 cm³/mol. The van der Waals surface area contributed by atoms with Gasteiger partial charge in [0.05, 0.1) is 37.6 Å². The maximum Gasteiger partial charge on any atom is 0.339 e. The number of hydrogen-bond acceptors (Lipinski definition) is 5. The van der Waals surface area contributed by atoms with Crippen LogP contribution in [0.4, 0.5) is 5.69 Å². The zero-order chi connectivity index (χ0) is 20.4. The highest BCUT2D eigenvalue weighted by molar-refractivity contribution is 6.03. The van der Waals surface area contributed by atoms with Gasteiger partial charge in [-0.2, -0.15) is 0 Å². The van der Waals surface area contributed by atoms with E-state index < -0.39 is 5.97 Å². The van der Waals surface area contributed by atoms with Gasteiger partial charge in [-0.1, -0.05) is 12.1 Å². The lowest BCUT2D eigenvalue weighted by molar-refractivity contribution is -0.118. The van der Waals surface area contributed by atoms with E-state index in [0.29, 0.717) is 29.2 Å². The highest BCUT2D eigenvalue weighted by atomic mass is 16.5. The Balaban J connectivity index is 1.98. The van der Waals surface area contributed by atoms with Crippen molar-refractivity contribution < 1.29 is 23.9 Å². The molecule has 1 aromatic heterocycles. The summed E-state index contributed by atoms with van der Waals surface area (Å²) in [6.45, 7) is 3.66. The summed E-state index contributed by atoms with van der Waals surface area (Å²) < 4.78 is 10.3. The van der Waals surface area contributed by atoms with Crippen LogP contribution < -0.4 is 9.64 Å². The van der Waals surface area contributed by atoms with Crippen molar-refractivity contribution in [1.29, 1.82) is 0 Å². The average Bonchev–Trinajstić information content (AvgIpc) is 3.02. The number of para-hydroxylation sites is 1. The largest absolute Gasteiger partial charge is 0.495 e. The second kappa shape index (κ2) is 7.88. The molecule has 28 heavy (non-hydrogen) atoms. The molecule has 1 aliphatic rings. The third kappa shape index (κ3) is 3.40. The van der Waals surface area contributed by atoms with Gasteiger partial charge in [0, 0.05) is 19.2 Å². The van der Waals surface area contributed by atoms with Crippen LogP contribution in [0.1, 0.15) is 51.0 Å². The van der Waals surface area contributed by atoms with Crippen molar-refractivity contribution >= 4 is 23.3 Å². The third-order valence-electron chi connectivity index (χ3n) is 5.10. The number of H-pyrrole nitrogens is 1. The number of methoxy groups -OCH3 is 2. The number of amides is 1. The number of nitrogens with zero attached hydrogens (tertiary/aromatic N) is 1. The number of hydrogen-bond donors (Lipinski definition) is 1. The van der Waals surface area contributed by atoms with Gasteiger partial charge in [0.15, 0.2) is 5.78 Å². The quantitative estimate of drug-likeness (QED) is 0.633. The number of carbonyl (C=O) groups excluding carboxylic acids is 3. The normalized spacial score (nSPS) is 13.1. The van der Waals surface area contributed by atoms with Gasteiger partial charge in [0.25, 0.3) is 0 Å². The fourth-order valence-electron chi connectivity index (χ4n) is 3.80. The summed E-state index contributed by atoms with van der Waals surface area (Å²) in [6.07, 6.45) is 1.67. The Hall–Kier alpha value is -3.09. The van der Waals surface area contributed by atoms with Crippen molar-refractivity contribution in [3.63, 3.8) is 0 Å². The Kier molecular flexibility index (Phi) is 5.53. The number of ketones is 1. The Labute approximate surface area is 163 Å². The zero-order valence-electron chi connectivity index (χ0n) is 16.5. The van der Waals surface area contributed by atoms with E-state index in [1.807, 2.05) is 18.2 Å². The van der Waals surface area contributed by atoms with Crippen molar-refractivity contribution in [2.45, 2.75) is 33.1 Å². The van der Waals surface area contributed by atoms with Crippen LogP contribution in [0, 0.1) is 6.92 Å². The minimum absolute atomic E-state index is 0.0456. The van der Waals surface area contributed by atoms with E-state index in [4.69, 9.17) is 9.47 Å². The summed E-state index contributed by atoms with van der Waals surface area (Å²) in [6, 6.07) is 5.73. The molecule has 7 heteroatoms. The number of carbonyl (C=O) groups is 3. The number of aromatic amines is 1. The molecular weight excluding hydrogens is 360 g/mol. The molecule has 0 atom stereocenters. The number of anilines is 1. The fraction of sp³-hybridized carbons (Fsp3) is 0.381. The summed E-state index contributed by atoms with van der Waals surface area (Å²) in [4.78, 5) is 42.0. The molecule has 0 spiro atoms. The molecule has 2 heterocycles. The molecule has 0 aliphatic carbocycles. The molecule has 0 fully saturated rings. The molecule has 0 saturated heterocycles. The van der Waals surface area contributed by atoms with E-state index in [1.165, 1.54) is 14.0 Å². The van der Waals surface area contributed by atoms with Crippen LogP contribution in [0.25, 0.3) is 0 Å².